The number of carbonyl (C=O) groups excluding carboxylic acids is 2. The Morgan fingerprint density at radius 2 is 1.71 bits per heavy atom. The third-order valence-electron chi connectivity index (χ3n) is 6.24. The SMILES string of the molecule is CCOc1ccc(N(CCCC(=O)N(Cc2cccc(OC)c2)[C@@H](C)C(=O)N[C@H](C)CC)S(C)(=O)=O)cc1. The van der Waals surface area contributed by atoms with Gasteiger partial charge in [0.25, 0.3) is 0 Å². The Labute approximate surface area is 227 Å². The number of benzene rings is 2. The molecule has 0 aromatic heterocycles. The number of hydrogen-bond acceptors (Lipinski definition) is 6. The summed E-state index contributed by atoms with van der Waals surface area (Å²) in [6, 6.07) is 13.4. The van der Waals surface area contributed by atoms with E-state index in [9.17, 15) is 18.0 Å². The van der Waals surface area contributed by atoms with E-state index in [-0.39, 0.29) is 43.8 Å². The second-order valence-electron chi connectivity index (χ2n) is 9.23. The molecule has 0 fully saturated rings. The predicted molar refractivity (Wildman–Crippen MR) is 150 cm³/mol. The van der Waals surface area contributed by atoms with E-state index in [4.69, 9.17) is 9.47 Å². The molecule has 2 aromatic rings. The summed E-state index contributed by atoms with van der Waals surface area (Å²) in [5.74, 6) is 0.839. The van der Waals surface area contributed by atoms with E-state index in [0.717, 1.165) is 18.2 Å². The second-order valence-corrected chi connectivity index (χ2v) is 11.1. The first-order valence-corrected chi connectivity index (χ1v) is 14.8. The average Bonchev–Trinajstić information content (AvgIpc) is 2.89. The molecule has 210 valence electrons. The first-order chi connectivity index (χ1) is 18.0. The van der Waals surface area contributed by atoms with Crippen LogP contribution in [0.25, 0.3) is 0 Å². The van der Waals surface area contributed by atoms with E-state index >= 15 is 0 Å². The molecule has 0 heterocycles. The molecule has 9 nitrogen and oxygen atoms in total. The zero-order valence-electron chi connectivity index (χ0n) is 23.3. The number of amides is 2. The molecule has 2 rings (SSSR count). The van der Waals surface area contributed by atoms with Gasteiger partial charge in [0.1, 0.15) is 17.5 Å². The lowest BCUT2D eigenvalue weighted by Gasteiger charge is -2.30. The standard InChI is InChI=1S/C28H41N3O6S/c1-7-21(3)29-28(33)22(4)30(20-23-11-9-12-26(19-23)36-5)27(32)13-10-18-31(38(6,34)35)24-14-16-25(17-15-24)37-8-2/h9,11-12,14-17,19,21-22H,7-8,10,13,18,20H2,1-6H3,(H,29,33)/t21-,22+/m1/s1. The van der Waals surface area contributed by atoms with Crippen molar-refractivity contribution in [3.63, 3.8) is 0 Å². The maximum absolute atomic E-state index is 13.4. The van der Waals surface area contributed by atoms with Crippen LogP contribution in [0.3, 0.4) is 0 Å². The first kappa shape index (κ1) is 31.0. The Morgan fingerprint density at radius 3 is 2.29 bits per heavy atom. The van der Waals surface area contributed by atoms with Crippen LogP contribution in [0.1, 0.15) is 52.5 Å². The van der Waals surface area contributed by atoms with Gasteiger partial charge in [-0.1, -0.05) is 19.1 Å². The smallest absolute Gasteiger partial charge is 0.242 e. The Balaban J connectivity index is 2.18. The number of nitrogens with one attached hydrogen (secondary N) is 1. The molecule has 0 saturated heterocycles. The Morgan fingerprint density at radius 1 is 1.03 bits per heavy atom. The second kappa shape index (κ2) is 14.6. The van der Waals surface area contributed by atoms with Crippen LogP contribution in [0.15, 0.2) is 48.5 Å². The van der Waals surface area contributed by atoms with Crippen LogP contribution in [0.5, 0.6) is 11.5 Å². The average molecular weight is 548 g/mol. The third-order valence-corrected chi connectivity index (χ3v) is 7.44. The van der Waals surface area contributed by atoms with Crippen LogP contribution in [0.2, 0.25) is 0 Å². The van der Waals surface area contributed by atoms with Crippen molar-refractivity contribution in [2.45, 2.75) is 65.6 Å². The van der Waals surface area contributed by atoms with Crippen LogP contribution < -0.4 is 19.1 Å². The highest BCUT2D eigenvalue weighted by Gasteiger charge is 2.27. The summed E-state index contributed by atoms with van der Waals surface area (Å²) in [7, 11) is -2.00. The monoisotopic (exact) mass is 547 g/mol. The maximum Gasteiger partial charge on any atom is 0.242 e. The van der Waals surface area contributed by atoms with Crippen molar-refractivity contribution in [1.82, 2.24) is 10.2 Å². The fourth-order valence-corrected chi connectivity index (χ4v) is 4.86. The van der Waals surface area contributed by atoms with Gasteiger partial charge in [-0.2, -0.15) is 0 Å². The highest BCUT2D eigenvalue weighted by Crippen LogP contribution is 2.23. The van der Waals surface area contributed by atoms with Crippen molar-refractivity contribution in [2.75, 3.05) is 30.8 Å². The van der Waals surface area contributed by atoms with Gasteiger partial charge >= 0.3 is 0 Å². The van der Waals surface area contributed by atoms with Crippen LogP contribution in [0.4, 0.5) is 5.69 Å². The molecule has 2 aromatic carbocycles. The number of carbonyl (C=O) groups is 2. The summed E-state index contributed by atoms with van der Waals surface area (Å²) in [5, 5.41) is 2.95. The molecule has 0 aliphatic rings. The van der Waals surface area contributed by atoms with Gasteiger partial charge in [0, 0.05) is 25.6 Å². The first-order valence-electron chi connectivity index (χ1n) is 12.9. The number of hydrogen-bond donors (Lipinski definition) is 1. The van der Waals surface area contributed by atoms with Crippen molar-refractivity contribution in [3.05, 3.63) is 54.1 Å². The fourth-order valence-electron chi connectivity index (χ4n) is 3.89. The van der Waals surface area contributed by atoms with Crippen molar-refractivity contribution in [1.29, 1.82) is 0 Å². The van der Waals surface area contributed by atoms with Crippen molar-refractivity contribution < 1.29 is 27.5 Å². The van der Waals surface area contributed by atoms with E-state index in [1.165, 1.54) is 9.21 Å². The Hall–Kier alpha value is -3.27. The molecular weight excluding hydrogens is 506 g/mol. The summed E-state index contributed by atoms with van der Waals surface area (Å²) < 4.78 is 37.1. The van der Waals surface area contributed by atoms with Gasteiger partial charge in [-0.25, -0.2) is 8.42 Å². The molecular formula is C28H41N3O6S. The lowest BCUT2D eigenvalue weighted by atomic mass is 10.1. The molecule has 0 aliphatic carbocycles. The number of methoxy groups -OCH3 is 1. The van der Waals surface area contributed by atoms with Gasteiger partial charge in [0.05, 0.1) is 25.7 Å². The minimum absolute atomic E-state index is 0.0174. The fraction of sp³-hybridized carbons (Fsp3) is 0.500. The van der Waals surface area contributed by atoms with E-state index < -0.39 is 16.1 Å². The number of ether oxygens (including phenoxy) is 2. The lowest BCUT2D eigenvalue weighted by Crippen LogP contribution is -2.49. The number of rotatable bonds is 15. The molecule has 0 radical (unpaired) electrons. The minimum Gasteiger partial charge on any atom is -0.497 e. The van der Waals surface area contributed by atoms with Gasteiger partial charge in [-0.3, -0.25) is 13.9 Å². The van der Waals surface area contributed by atoms with Gasteiger partial charge in [0.2, 0.25) is 21.8 Å². The van der Waals surface area contributed by atoms with Gasteiger partial charge < -0.3 is 19.7 Å². The Kier molecular flexibility index (Phi) is 11.9. The maximum atomic E-state index is 13.4. The normalized spacial score (nSPS) is 12.8. The molecule has 0 bridgehead atoms. The third kappa shape index (κ3) is 9.24. The van der Waals surface area contributed by atoms with Crippen LogP contribution in [-0.4, -0.2) is 63.7 Å². The summed E-state index contributed by atoms with van der Waals surface area (Å²) >= 11 is 0. The minimum atomic E-state index is -3.57. The quantitative estimate of drug-likeness (QED) is 0.362. The highest BCUT2D eigenvalue weighted by molar-refractivity contribution is 7.92. The summed E-state index contributed by atoms with van der Waals surface area (Å²) in [4.78, 5) is 27.9. The molecule has 0 aliphatic heterocycles. The van der Waals surface area contributed by atoms with Crippen molar-refractivity contribution in [3.8, 4) is 11.5 Å². The summed E-state index contributed by atoms with van der Waals surface area (Å²) in [6.07, 6.45) is 2.28. The zero-order chi connectivity index (χ0) is 28.3. The van der Waals surface area contributed by atoms with E-state index in [1.807, 2.05) is 45.0 Å². The van der Waals surface area contributed by atoms with Crippen molar-refractivity contribution >= 4 is 27.5 Å². The summed E-state index contributed by atoms with van der Waals surface area (Å²) in [6.45, 7) is 8.33. The van der Waals surface area contributed by atoms with E-state index in [2.05, 4.69) is 5.32 Å². The molecule has 1 N–H and O–H groups in total. The largest absolute Gasteiger partial charge is 0.497 e. The predicted octanol–water partition coefficient (Wildman–Crippen LogP) is 3.97. The number of sulfonamides is 1. The topological polar surface area (TPSA) is 105 Å². The van der Waals surface area contributed by atoms with Gasteiger partial charge in [-0.15, -0.1) is 0 Å². The van der Waals surface area contributed by atoms with Crippen LogP contribution in [-0.2, 0) is 26.2 Å². The van der Waals surface area contributed by atoms with Crippen LogP contribution in [0, 0.1) is 0 Å². The van der Waals surface area contributed by atoms with Gasteiger partial charge in [0.15, 0.2) is 0 Å². The number of nitrogens with zero attached hydrogens (tertiary/aromatic N) is 2. The molecule has 0 unspecified atom stereocenters. The van der Waals surface area contributed by atoms with Crippen molar-refractivity contribution in [2.24, 2.45) is 0 Å². The number of anilines is 1. The lowest BCUT2D eigenvalue weighted by molar-refractivity contribution is -0.140. The molecule has 38 heavy (non-hydrogen) atoms. The zero-order valence-corrected chi connectivity index (χ0v) is 24.1. The molecule has 2 atom stereocenters. The molecule has 0 spiro atoms. The highest BCUT2D eigenvalue weighted by atomic mass is 32.2. The van der Waals surface area contributed by atoms with Crippen LogP contribution >= 0.6 is 0 Å². The van der Waals surface area contributed by atoms with E-state index in [0.29, 0.717) is 23.8 Å². The summed E-state index contributed by atoms with van der Waals surface area (Å²) in [5.41, 5.74) is 1.32. The van der Waals surface area contributed by atoms with Gasteiger partial charge in [-0.05, 0) is 75.6 Å². The Bertz CT molecular complexity index is 1150. The van der Waals surface area contributed by atoms with E-state index in [1.54, 1.807) is 38.3 Å². The molecule has 0 saturated carbocycles. The molecule has 2 amide bonds. The molecule has 10 heteroatoms.